The van der Waals surface area contributed by atoms with E-state index in [4.69, 9.17) is 27.9 Å². The highest BCUT2D eigenvalue weighted by Gasteiger charge is 2.20. The first-order valence-electron chi connectivity index (χ1n) is 10.2. The van der Waals surface area contributed by atoms with Gasteiger partial charge in [-0.05, 0) is 36.1 Å². The van der Waals surface area contributed by atoms with Crippen LogP contribution < -0.4 is 9.64 Å². The molecule has 1 N–H and O–H groups in total. The summed E-state index contributed by atoms with van der Waals surface area (Å²) in [4.78, 5) is 4.60. The Kier molecular flexibility index (Phi) is 6.69. The second-order valence-corrected chi connectivity index (χ2v) is 8.57. The number of rotatable bonds is 6. The number of benzene rings is 3. The number of hydrogen-bond acceptors (Lipinski definition) is 4. The van der Waals surface area contributed by atoms with E-state index >= 15 is 0 Å². The average Bonchev–Trinajstić information content (AvgIpc) is 2.76. The van der Waals surface area contributed by atoms with E-state index in [1.165, 1.54) is 0 Å². The first-order chi connectivity index (χ1) is 14.5. The van der Waals surface area contributed by atoms with E-state index < -0.39 is 6.10 Å². The zero-order valence-electron chi connectivity index (χ0n) is 17.0. The van der Waals surface area contributed by atoms with Crippen LogP contribution in [0.25, 0.3) is 10.8 Å². The molecule has 0 aliphatic carbocycles. The third-order valence-electron chi connectivity index (χ3n) is 5.62. The van der Waals surface area contributed by atoms with Crippen molar-refractivity contribution in [1.29, 1.82) is 0 Å². The minimum absolute atomic E-state index is 0.214. The molecule has 1 heterocycles. The Hall–Kier alpha value is -1.98. The van der Waals surface area contributed by atoms with Crippen molar-refractivity contribution in [2.75, 3.05) is 44.2 Å². The molecule has 4 rings (SSSR count). The summed E-state index contributed by atoms with van der Waals surface area (Å²) in [6.45, 7) is 6.39. The molecule has 0 spiro atoms. The molecule has 1 fully saturated rings. The van der Waals surface area contributed by atoms with Crippen LogP contribution in [0.15, 0.2) is 54.6 Å². The molecule has 3 aromatic carbocycles. The summed E-state index contributed by atoms with van der Waals surface area (Å²) in [6.07, 6.45) is -0.576. The fraction of sp³-hybridized carbons (Fsp3) is 0.333. The monoisotopic (exact) mass is 444 g/mol. The fourth-order valence-corrected chi connectivity index (χ4v) is 4.29. The first-order valence-corrected chi connectivity index (χ1v) is 11.0. The molecule has 30 heavy (non-hydrogen) atoms. The minimum Gasteiger partial charge on any atom is -0.489 e. The standard InChI is InChI=1S/C24H26Cl2N2O2/c1-17-6-8-19(14-22(17)25)28-12-10-27(11-13-28)15-20(29)16-30-23-9-7-18-4-2-3-5-21(18)24(23)26/h2-9,14,20,29H,10-13,15-16H2,1H3. The van der Waals surface area contributed by atoms with Crippen LogP contribution in [0.4, 0.5) is 5.69 Å². The van der Waals surface area contributed by atoms with Gasteiger partial charge in [-0.25, -0.2) is 0 Å². The molecule has 3 aromatic rings. The molecule has 0 bridgehead atoms. The second-order valence-electron chi connectivity index (χ2n) is 7.78. The van der Waals surface area contributed by atoms with Gasteiger partial charge in [-0.3, -0.25) is 4.90 Å². The number of fused-ring (bicyclic) bond motifs is 1. The second kappa shape index (κ2) is 9.44. The van der Waals surface area contributed by atoms with Gasteiger partial charge < -0.3 is 14.7 Å². The van der Waals surface area contributed by atoms with Crippen LogP contribution in [0, 0.1) is 6.92 Å². The first kappa shape index (κ1) is 21.3. The lowest BCUT2D eigenvalue weighted by Gasteiger charge is -2.37. The van der Waals surface area contributed by atoms with E-state index in [2.05, 4.69) is 21.9 Å². The van der Waals surface area contributed by atoms with Crippen molar-refractivity contribution < 1.29 is 9.84 Å². The van der Waals surface area contributed by atoms with E-state index in [1.807, 2.05) is 49.4 Å². The predicted molar refractivity (Wildman–Crippen MR) is 125 cm³/mol. The lowest BCUT2D eigenvalue weighted by Crippen LogP contribution is -2.49. The highest BCUT2D eigenvalue weighted by Crippen LogP contribution is 2.32. The average molecular weight is 445 g/mol. The van der Waals surface area contributed by atoms with E-state index in [0.717, 1.165) is 53.2 Å². The fourth-order valence-electron chi connectivity index (χ4n) is 3.83. The van der Waals surface area contributed by atoms with Gasteiger partial charge in [0.1, 0.15) is 18.5 Å². The number of anilines is 1. The number of aliphatic hydroxyl groups is 1. The van der Waals surface area contributed by atoms with Crippen molar-refractivity contribution in [3.8, 4) is 5.75 Å². The summed E-state index contributed by atoms with van der Waals surface area (Å²) in [5.74, 6) is 0.607. The van der Waals surface area contributed by atoms with Gasteiger partial charge in [-0.2, -0.15) is 0 Å². The number of halogens is 2. The van der Waals surface area contributed by atoms with Crippen LogP contribution in [0.5, 0.6) is 5.75 Å². The van der Waals surface area contributed by atoms with Gasteiger partial charge >= 0.3 is 0 Å². The molecule has 0 amide bonds. The number of β-amino-alcohol motifs (C(OH)–C–C–N with tert-alkyl or cyclic N) is 1. The van der Waals surface area contributed by atoms with Crippen molar-refractivity contribution >= 4 is 39.7 Å². The molecule has 0 radical (unpaired) electrons. The third kappa shape index (κ3) is 4.84. The molecule has 1 aliphatic rings. The molecular weight excluding hydrogens is 419 g/mol. The number of aryl methyl sites for hydroxylation is 1. The van der Waals surface area contributed by atoms with E-state index in [0.29, 0.717) is 17.3 Å². The van der Waals surface area contributed by atoms with Crippen LogP contribution in [0.1, 0.15) is 5.56 Å². The van der Waals surface area contributed by atoms with Crippen molar-refractivity contribution in [3.63, 3.8) is 0 Å². The Morgan fingerprint density at radius 3 is 2.53 bits per heavy atom. The molecule has 158 valence electrons. The highest BCUT2D eigenvalue weighted by molar-refractivity contribution is 6.37. The summed E-state index contributed by atoms with van der Waals surface area (Å²) < 4.78 is 5.83. The van der Waals surface area contributed by atoms with Crippen molar-refractivity contribution in [2.45, 2.75) is 13.0 Å². The molecule has 1 unspecified atom stereocenters. The Bertz CT molecular complexity index is 1020. The largest absolute Gasteiger partial charge is 0.489 e. The third-order valence-corrected chi connectivity index (χ3v) is 6.42. The van der Waals surface area contributed by atoms with Crippen LogP contribution in [0.3, 0.4) is 0 Å². The van der Waals surface area contributed by atoms with Gasteiger partial charge in [-0.15, -0.1) is 0 Å². The summed E-state index contributed by atoms with van der Waals surface area (Å²) in [5.41, 5.74) is 2.24. The maximum Gasteiger partial charge on any atom is 0.138 e. The molecule has 4 nitrogen and oxygen atoms in total. The number of hydrogen-bond donors (Lipinski definition) is 1. The Morgan fingerprint density at radius 1 is 1.00 bits per heavy atom. The lowest BCUT2D eigenvalue weighted by molar-refractivity contribution is 0.0664. The quantitative estimate of drug-likeness (QED) is 0.578. The van der Waals surface area contributed by atoms with E-state index in [1.54, 1.807) is 0 Å². The van der Waals surface area contributed by atoms with E-state index in [9.17, 15) is 5.11 Å². The van der Waals surface area contributed by atoms with Crippen LogP contribution in [0.2, 0.25) is 10.0 Å². The van der Waals surface area contributed by atoms with Gasteiger partial charge in [0.25, 0.3) is 0 Å². The SMILES string of the molecule is Cc1ccc(N2CCN(CC(O)COc3ccc4ccccc4c3Cl)CC2)cc1Cl. The van der Waals surface area contributed by atoms with Crippen LogP contribution in [-0.2, 0) is 0 Å². The van der Waals surface area contributed by atoms with Gasteiger partial charge in [0.15, 0.2) is 0 Å². The number of aliphatic hydroxyl groups excluding tert-OH is 1. The summed E-state index contributed by atoms with van der Waals surface area (Å²) in [6, 6.07) is 18.0. The Labute approximate surface area is 187 Å². The summed E-state index contributed by atoms with van der Waals surface area (Å²) >= 11 is 12.7. The van der Waals surface area contributed by atoms with Crippen molar-refractivity contribution in [2.24, 2.45) is 0 Å². The Balaban J connectivity index is 1.27. The summed E-state index contributed by atoms with van der Waals surface area (Å²) in [5, 5.41) is 13.9. The molecule has 0 saturated carbocycles. The molecule has 1 saturated heterocycles. The maximum absolute atomic E-state index is 10.5. The van der Waals surface area contributed by atoms with Crippen LogP contribution >= 0.6 is 23.2 Å². The molecule has 1 aliphatic heterocycles. The topological polar surface area (TPSA) is 35.9 Å². The smallest absolute Gasteiger partial charge is 0.138 e. The zero-order chi connectivity index (χ0) is 21.1. The zero-order valence-corrected chi connectivity index (χ0v) is 18.5. The van der Waals surface area contributed by atoms with Gasteiger partial charge in [-0.1, -0.05) is 59.6 Å². The molecular formula is C24H26Cl2N2O2. The van der Waals surface area contributed by atoms with E-state index in [-0.39, 0.29) is 6.61 Å². The number of nitrogens with zero attached hydrogens (tertiary/aromatic N) is 2. The van der Waals surface area contributed by atoms with Crippen molar-refractivity contribution in [1.82, 2.24) is 4.90 Å². The predicted octanol–water partition coefficient (Wildman–Crippen LogP) is 5.02. The summed E-state index contributed by atoms with van der Waals surface area (Å²) in [7, 11) is 0. The number of ether oxygens (including phenoxy) is 1. The van der Waals surface area contributed by atoms with Crippen molar-refractivity contribution in [3.05, 3.63) is 70.2 Å². The molecule has 1 atom stereocenters. The highest BCUT2D eigenvalue weighted by atomic mass is 35.5. The minimum atomic E-state index is -0.576. The maximum atomic E-state index is 10.5. The van der Waals surface area contributed by atoms with Gasteiger partial charge in [0.2, 0.25) is 0 Å². The van der Waals surface area contributed by atoms with Gasteiger partial charge in [0, 0.05) is 48.8 Å². The van der Waals surface area contributed by atoms with Gasteiger partial charge in [0.05, 0.1) is 5.02 Å². The Morgan fingerprint density at radius 2 is 1.77 bits per heavy atom. The molecule has 0 aromatic heterocycles. The van der Waals surface area contributed by atoms with Crippen LogP contribution in [-0.4, -0.2) is 55.4 Å². The number of piperazine rings is 1. The lowest BCUT2D eigenvalue weighted by atomic mass is 10.1. The molecule has 6 heteroatoms. The normalized spacial score (nSPS) is 16.1.